The van der Waals surface area contributed by atoms with Gasteiger partial charge in [-0.25, -0.2) is 16.8 Å². The number of sulfone groups is 1. The second-order valence-electron chi connectivity index (χ2n) is 19.1. The summed E-state index contributed by atoms with van der Waals surface area (Å²) in [6, 6.07) is 34.3. The number of halogens is 4. The molecule has 13 nitrogen and oxygen atoms in total. The number of carbonyl (C=O) groups is 1. The highest BCUT2D eigenvalue weighted by Crippen LogP contribution is 2.42. The van der Waals surface area contributed by atoms with E-state index in [4.69, 9.17) is 11.6 Å². The monoisotopic (exact) mass is 1090 g/mol. The zero-order chi connectivity index (χ0) is 52.4. The highest BCUT2D eigenvalue weighted by atomic mass is 35.5. The Morgan fingerprint density at radius 2 is 1.45 bits per heavy atom. The van der Waals surface area contributed by atoms with Crippen LogP contribution >= 0.6 is 23.4 Å². The van der Waals surface area contributed by atoms with Gasteiger partial charge in [-0.1, -0.05) is 54.1 Å². The second-order valence-corrected chi connectivity index (χ2v) is 24.2. The van der Waals surface area contributed by atoms with Crippen LogP contribution in [0.3, 0.4) is 0 Å². The lowest BCUT2D eigenvalue weighted by molar-refractivity contribution is -0.0435. The highest BCUT2D eigenvalue weighted by Gasteiger charge is 2.48. The molecule has 6 aromatic rings. The Hall–Kier alpha value is -5.70. The Balaban J connectivity index is 0.889. The van der Waals surface area contributed by atoms with Crippen LogP contribution in [0.15, 0.2) is 136 Å². The number of alkyl halides is 3. The molecule has 0 spiro atoms. The van der Waals surface area contributed by atoms with E-state index in [0.717, 1.165) is 69.3 Å². The number of sulfonamides is 1. The van der Waals surface area contributed by atoms with E-state index < -0.39 is 41.2 Å². The summed E-state index contributed by atoms with van der Waals surface area (Å²) < 4.78 is 101. The predicted octanol–water partition coefficient (Wildman–Crippen LogP) is 10.1. The molecule has 2 aliphatic heterocycles. The van der Waals surface area contributed by atoms with E-state index in [-0.39, 0.29) is 29.4 Å². The van der Waals surface area contributed by atoms with Crippen LogP contribution in [0.25, 0.3) is 22.4 Å². The quantitative estimate of drug-likeness (QED) is 0.0608. The van der Waals surface area contributed by atoms with Gasteiger partial charge in [0.15, 0.2) is 0 Å². The number of aliphatic hydroxyl groups is 1. The van der Waals surface area contributed by atoms with Gasteiger partial charge >= 0.3 is 5.51 Å². The van der Waals surface area contributed by atoms with Crippen LogP contribution in [-0.2, 0) is 26.9 Å². The lowest BCUT2D eigenvalue weighted by Crippen LogP contribution is -2.46. The number of carbonyl (C=O) groups excluding carboxylic acids is 1. The average Bonchev–Trinajstić information content (AvgIpc) is 4.18. The minimum absolute atomic E-state index is 0.0950. The normalized spacial score (nSPS) is 16.5. The maximum Gasteiger partial charge on any atom is 0.501 e. The van der Waals surface area contributed by atoms with Gasteiger partial charge in [-0.2, -0.15) is 13.2 Å². The number of likely N-dealkylation sites (tertiary alicyclic amines) is 1. The molecule has 0 bridgehead atoms. The Morgan fingerprint density at radius 3 is 2.09 bits per heavy atom. The molecule has 1 aliphatic carbocycles. The molecular formula is C54H59ClF3N7O6S3. The van der Waals surface area contributed by atoms with Gasteiger partial charge in [0, 0.05) is 109 Å². The summed E-state index contributed by atoms with van der Waals surface area (Å²) in [5, 5.41) is 16.8. The number of anilines is 4. The summed E-state index contributed by atoms with van der Waals surface area (Å²) in [6.07, 6.45) is 3.19. The van der Waals surface area contributed by atoms with Crippen LogP contribution in [-0.4, -0.2) is 113 Å². The molecule has 3 fully saturated rings. The number of nitrogens with one attached hydrogen (secondary N) is 3. The number of amides is 1. The molecule has 1 amide bonds. The molecule has 2 saturated heterocycles. The first kappa shape index (κ1) is 53.1. The molecule has 0 unspecified atom stereocenters. The Bertz CT molecular complexity index is 3180. The Labute approximate surface area is 440 Å². The fourth-order valence-electron chi connectivity index (χ4n) is 9.58. The van der Waals surface area contributed by atoms with Gasteiger partial charge in [0.1, 0.15) is 4.90 Å². The van der Waals surface area contributed by atoms with Gasteiger partial charge < -0.3 is 35.0 Å². The highest BCUT2D eigenvalue weighted by molar-refractivity contribution is 7.99. The number of aromatic nitrogens is 1. The number of nitrogens with zero attached hydrogens (tertiary/aromatic N) is 4. The lowest BCUT2D eigenvalue weighted by atomic mass is 9.95. The maximum absolute atomic E-state index is 14.3. The Morgan fingerprint density at radius 1 is 0.784 bits per heavy atom. The molecule has 9 rings (SSSR count). The van der Waals surface area contributed by atoms with E-state index >= 15 is 0 Å². The molecule has 5 aromatic carbocycles. The molecule has 1 saturated carbocycles. The first-order valence-corrected chi connectivity index (χ1v) is 29.0. The van der Waals surface area contributed by atoms with E-state index in [1.807, 2.05) is 80.7 Å². The Kier molecular flexibility index (Phi) is 16.0. The summed E-state index contributed by atoms with van der Waals surface area (Å²) in [5.41, 5.74) is 0.994. The van der Waals surface area contributed by atoms with E-state index in [0.29, 0.717) is 87.5 Å². The number of benzene rings is 5. The third-order valence-electron chi connectivity index (χ3n) is 14.0. The first-order chi connectivity index (χ1) is 35.3. The van der Waals surface area contributed by atoms with E-state index in [1.54, 1.807) is 24.3 Å². The number of hydrogen-bond acceptors (Lipinski definition) is 11. The summed E-state index contributed by atoms with van der Waals surface area (Å²) >= 11 is 7.74. The molecular weight excluding hydrogens is 1030 g/mol. The number of thioether (sulfide) groups is 1. The molecule has 1 atom stereocenters. The van der Waals surface area contributed by atoms with Crippen LogP contribution in [0.5, 0.6) is 0 Å². The van der Waals surface area contributed by atoms with Crippen LogP contribution < -0.4 is 25.2 Å². The summed E-state index contributed by atoms with van der Waals surface area (Å²) in [6.45, 7) is 6.41. The van der Waals surface area contributed by atoms with Gasteiger partial charge in [-0.3, -0.25) is 9.52 Å². The third kappa shape index (κ3) is 12.2. The number of piperidine rings is 1. The van der Waals surface area contributed by atoms with Gasteiger partial charge in [0.25, 0.3) is 25.8 Å². The topological polar surface area (TPSA) is 156 Å². The largest absolute Gasteiger partial charge is 0.501 e. The summed E-state index contributed by atoms with van der Waals surface area (Å²) in [4.78, 5) is 19.5. The van der Waals surface area contributed by atoms with Crippen LogP contribution in [0, 0.1) is 6.92 Å². The van der Waals surface area contributed by atoms with Crippen molar-refractivity contribution in [2.45, 2.75) is 77.4 Å². The van der Waals surface area contributed by atoms with Crippen molar-refractivity contribution in [1.29, 1.82) is 0 Å². The second kappa shape index (κ2) is 22.3. The van der Waals surface area contributed by atoms with Gasteiger partial charge in [0.2, 0.25) is 0 Å². The molecule has 3 aliphatic rings. The number of rotatable bonds is 18. The van der Waals surface area contributed by atoms with Gasteiger partial charge in [-0.05, 0) is 129 Å². The van der Waals surface area contributed by atoms with Crippen molar-refractivity contribution >= 4 is 71.9 Å². The fourth-order valence-corrected chi connectivity index (χ4v) is 12.8. The van der Waals surface area contributed by atoms with E-state index in [2.05, 4.69) is 46.8 Å². The van der Waals surface area contributed by atoms with Crippen molar-refractivity contribution in [2.75, 3.05) is 71.4 Å². The molecule has 4 N–H and O–H groups in total. The van der Waals surface area contributed by atoms with Crippen molar-refractivity contribution in [3.63, 3.8) is 0 Å². The van der Waals surface area contributed by atoms with E-state index in [9.17, 15) is 39.9 Å². The number of piperazine rings is 1. The lowest BCUT2D eigenvalue weighted by Gasteiger charge is -2.37. The molecule has 1 aromatic heterocycles. The number of hydrogen-bond donors (Lipinski definition) is 4. The summed E-state index contributed by atoms with van der Waals surface area (Å²) in [5.74, 6) is 0.278. The van der Waals surface area contributed by atoms with Crippen LogP contribution in [0.2, 0.25) is 5.02 Å². The first-order valence-electron chi connectivity index (χ1n) is 24.6. The predicted molar refractivity (Wildman–Crippen MR) is 289 cm³/mol. The third-order valence-corrected chi connectivity index (χ3v) is 18.3. The molecule has 0 radical (unpaired) electrons. The van der Waals surface area contributed by atoms with Crippen molar-refractivity contribution in [3.05, 3.63) is 138 Å². The van der Waals surface area contributed by atoms with Crippen molar-refractivity contribution < 1.29 is 39.9 Å². The minimum Gasteiger partial charge on any atom is -0.393 e. The van der Waals surface area contributed by atoms with E-state index in [1.165, 1.54) is 11.8 Å². The van der Waals surface area contributed by atoms with Crippen molar-refractivity contribution in [1.82, 2.24) is 14.8 Å². The summed E-state index contributed by atoms with van der Waals surface area (Å²) in [7, 11) is -8.63. The fraction of sp³-hybridized carbons (Fsp3) is 0.352. The van der Waals surface area contributed by atoms with Gasteiger partial charge in [-0.15, -0.1) is 11.8 Å². The number of aliphatic hydroxyl groups excluding tert-OH is 1. The minimum atomic E-state index is -6.02. The van der Waals surface area contributed by atoms with Crippen LogP contribution in [0.1, 0.15) is 48.2 Å². The van der Waals surface area contributed by atoms with Crippen molar-refractivity contribution in [3.8, 4) is 22.4 Å². The molecule has 392 valence electrons. The average molecular weight is 1090 g/mol. The zero-order valence-corrected chi connectivity index (χ0v) is 44.2. The smallest absolute Gasteiger partial charge is 0.393 e. The molecule has 20 heteroatoms. The van der Waals surface area contributed by atoms with Gasteiger partial charge in [0.05, 0.1) is 27.9 Å². The molecule has 74 heavy (non-hydrogen) atoms. The standard InChI is InChI=1S/C54H59ClF3N7O6S3/c1-36-50(53(67)60-40-15-16-40)51(52(62(36)2)37-11-13-39(55)14-12-37)38-7-6-8-44(33-38)65-31-29-64(30-32-65)43-19-17-41(18-20-43)61-74(70,71)47-21-22-48(49(34-47)73(68,69)54(56,57)58)59-42(35-72-46-9-4-3-5-10-46)23-26-63-27-24-45(66)25-28-63/h3-14,17-22,33-34,40,42,45,59,61,66H,15-16,23-32,35H2,1-2H3,(H,60,67)/t42-/m1/s1. The zero-order valence-electron chi connectivity index (χ0n) is 41.0. The van der Waals surface area contributed by atoms with Crippen molar-refractivity contribution in [2.24, 2.45) is 7.05 Å². The SMILES string of the molecule is Cc1c(C(=O)NC2CC2)c(-c2cccc(N3CCN(c4ccc(NS(=O)(=O)c5ccc(N[C@H](CCN6CCC(O)CC6)CSc6ccccc6)c(S(=O)(=O)C(F)(F)F)c5)cc4)CC3)c2)c(-c2ccc(Cl)cc2)n1C. The molecule has 3 heterocycles. The van der Waals surface area contributed by atoms with Crippen LogP contribution in [0.4, 0.5) is 35.9 Å². The maximum atomic E-state index is 14.3.